The maximum atomic E-state index is 12.1. The summed E-state index contributed by atoms with van der Waals surface area (Å²) in [5.41, 5.74) is 1.52. The summed E-state index contributed by atoms with van der Waals surface area (Å²) in [6.07, 6.45) is 0. The Morgan fingerprint density at radius 2 is 2.00 bits per heavy atom. The molecule has 1 aromatic heterocycles. The number of nitrogens with one attached hydrogen (secondary N) is 2. The van der Waals surface area contributed by atoms with E-state index in [-0.39, 0.29) is 11.7 Å². The van der Waals surface area contributed by atoms with Gasteiger partial charge < -0.3 is 15.4 Å². The van der Waals surface area contributed by atoms with E-state index in [0.717, 1.165) is 5.69 Å². The lowest BCUT2D eigenvalue weighted by Crippen LogP contribution is -2.13. The van der Waals surface area contributed by atoms with Crippen molar-refractivity contribution in [3.63, 3.8) is 0 Å². The molecule has 0 aliphatic rings. The van der Waals surface area contributed by atoms with E-state index in [0.29, 0.717) is 25.9 Å². The zero-order valence-electron chi connectivity index (χ0n) is 13.7. The molecule has 0 saturated heterocycles. The molecule has 6 nitrogen and oxygen atoms in total. The summed E-state index contributed by atoms with van der Waals surface area (Å²) < 4.78 is 5.84. The summed E-state index contributed by atoms with van der Waals surface area (Å²) >= 11 is 8.66. The summed E-state index contributed by atoms with van der Waals surface area (Å²) in [4.78, 5) is 12.1. The predicted molar refractivity (Wildman–Crippen MR) is 107 cm³/mol. The highest BCUT2D eigenvalue weighted by molar-refractivity contribution is 8.01. The van der Waals surface area contributed by atoms with E-state index in [2.05, 4.69) is 20.8 Å². The highest BCUT2D eigenvalue weighted by atomic mass is 35.5. The molecule has 0 fully saturated rings. The van der Waals surface area contributed by atoms with Crippen LogP contribution in [0.4, 0.5) is 16.5 Å². The second-order valence-electron chi connectivity index (χ2n) is 5.08. The van der Waals surface area contributed by atoms with Gasteiger partial charge in [0.05, 0.1) is 12.9 Å². The number of halogens is 1. The number of hydrogen-bond donors (Lipinski definition) is 2. The second-order valence-corrected chi connectivity index (χ2v) is 7.71. The average molecular weight is 407 g/mol. The molecule has 0 aliphatic carbocycles. The van der Waals surface area contributed by atoms with Crippen LogP contribution in [0, 0.1) is 0 Å². The molecule has 2 N–H and O–H groups in total. The number of rotatable bonds is 7. The maximum Gasteiger partial charge on any atom is 0.234 e. The van der Waals surface area contributed by atoms with Gasteiger partial charge in [-0.05, 0) is 30.3 Å². The molecule has 1 amide bonds. The Labute approximate surface area is 163 Å². The largest absolute Gasteiger partial charge is 0.497 e. The SMILES string of the molecule is COc1cccc(NC(=O)CSc2nnc(Nc3cccc(Cl)c3)s2)c1. The van der Waals surface area contributed by atoms with Gasteiger partial charge in [0.2, 0.25) is 11.0 Å². The van der Waals surface area contributed by atoms with Crippen LogP contribution in [0.5, 0.6) is 5.75 Å². The van der Waals surface area contributed by atoms with Crippen LogP contribution in [0.25, 0.3) is 0 Å². The third-order valence-electron chi connectivity index (χ3n) is 3.16. The van der Waals surface area contributed by atoms with Gasteiger partial charge in [-0.25, -0.2) is 0 Å². The van der Waals surface area contributed by atoms with Crippen LogP contribution in [-0.2, 0) is 4.79 Å². The third-order valence-corrected chi connectivity index (χ3v) is 5.37. The van der Waals surface area contributed by atoms with Gasteiger partial charge >= 0.3 is 0 Å². The van der Waals surface area contributed by atoms with E-state index < -0.39 is 0 Å². The molecule has 0 saturated carbocycles. The van der Waals surface area contributed by atoms with Crippen LogP contribution in [0.1, 0.15) is 0 Å². The second kappa shape index (κ2) is 8.88. The van der Waals surface area contributed by atoms with Crippen LogP contribution in [0.2, 0.25) is 5.02 Å². The predicted octanol–water partition coefficient (Wildman–Crippen LogP) is 4.67. The fourth-order valence-electron chi connectivity index (χ4n) is 2.03. The molecule has 0 bridgehead atoms. The summed E-state index contributed by atoms with van der Waals surface area (Å²) in [5.74, 6) is 0.808. The van der Waals surface area contributed by atoms with Crippen LogP contribution < -0.4 is 15.4 Å². The molecule has 3 rings (SSSR count). The average Bonchev–Trinajstić information content (AvgIpc) is 3.07. The Bertz CT molecular complexity index is 904. The van der Waals surface area contributed by atoms with Gasteiger partial charge in [-0.1, -0.05) is 46.8 Å². The number of hydrogen-bond acceptors (Lipinski definition) is 7. The van der Waals surface area contributed by atoms with Crippen LogP contribution in [0.3, 0.4) is 0 Å². The quantitative estimate of drug-likeness (QED) is 0.555. The molecule has 0 spiro atoms. The lowest BCUT2D eigenvalue weighted by molar-refractivity contribution is -0.113. The molecule has 0 aliphatic heterocycles. The number of aromatic nitrogens is 2. The van der Waals surface area contributed by atoms with Gasteiger partial charge in [0.1, 0.15) is 5.75 Å². The molecular formula is C17H15ClN4O2S2. The molecular weight excluding hydrogens is 392 g/mol. The lowest BCUT2D eigenvalue weighted by atomic mass is 10.3. The molecule has 3 aromatic rings. The van der Waals surface area contributed by atoms with Crippen LogP contribution in [-0.4, -0.2) is 29.0 Å². The lowest BCUT2D eigenvalue weighted by Gasteiger charge is -2.06. The van der Waals surface area contributed by atoms with Gasteiger partial charge in [-0.3, -0.25) is 4.79 Å². The summed E-state index contributed by atoms with van der Waals surface area (Å²) in [7, 11) is 1.58. The first-order chi connectivity index (χ1) is 12.6. The number of benzene rings is 2. The highest BCUT2D eigenvalue weighted by Gasteiger charge is 2.09. The van der Waals surface area contributed by atoms with Gasteiger partial charge in [0, 0.05) is 22.5 Å². The van der Waals surface area contributed by atoms with Crippen molar-refractivity contribution in [3.8, 4) is 5.75 Å². The first-order valence-corrected chi connectivity index (χ1v) is 9.73. The molecule has 26 heavy (non-hydrogen) atoms. The number of ether oxygens (including phenoxy) is 1. The standard InChI is InChI=1S/C17H15ClN4O2S2/c1-24-14-7-3-6-13(9-14)19-15(23)10-25-17-22-21-16(26-17)20-12-5-2-4-11(18)8-12/h2-9H,10H2,1H3,(H,19,23)(H,20,21). The third kappa shape index (κ3) is 5.35. The molecule has 134 valence electrons. The fourth-order valence-corrected chi connectivity index (χ4v) is 3.80. The number of nitrogens with zero attached hydrogens (tertiary/aromatic N) is 2. The van der Waals surface area contributed by atoms with E-state index in [9.17, 15) is 4.79 Å². The number of carbonyl (C=O) groups is 1. The summed E-state index contributed by atoms with van der Waals surface area (Å²) in [6, 6.07) is 14.6. The van der Waals surface area contributed by atoms with E-state index in [1.165, 1.54) is 23.1 Å². The number of thioether (sulfide) groups is 1. The minimum absolute atomic E-state index is 0.122. The van der Waals surface area contributed by atoms with Crippen molar-refractivity contribution in [1.82, 2.24) is 10.2 Å². The van der Waals surface area contributed by atoms with Gasteiger partial charge in [-0.2, -0.15) is 0 Å². The topological polar surface area (TPSA) is 76.1 Å². The van der Waals surface area contributed by atoms with Crippen molar-refractivity contribution >= 4 is 57.1 Å². The summed E-state index contributed by atoms with van der Waals surface area (Å²) in [5, 5.41) is 15.4. The Balaban J connectivity index is 1.51. The van der Waals surface area contributed by atoms with Crippen molar-refractivity contribution in [2.75, 3.05) is 23.5 Å². The Morgan fingerprint density at radius 1 is 1.19 bits per heavy atom. The Hall–Kier alpha value is -2.29. The smallest absolute Gasteiger partial charge is 0.234 e. The number of amides is 1. The summed E-state index contributed by atoms with van der Waals surface area (Å²) in [6.45, 7) is 0. The minimum Gasteiger partial charge on any atom is -0.497 e. The molecule has 1 heterocycles. The molecule has 0 radical (unpaired) electrons. The van der Waals surface area contributed by atoms with Crippen molar-refractivity contribution in [1.29, 1.82) is 0 Å². The van der Waals surface area contributed by atoms with Crippen molar-refractivity contribution in [3.05, 3.63) is 53.6 Å². The van der Waals surface area contributed by atoms with Crippen molar-refractivity contribution in [2.24, 2.45) is 0 Å². The first kappa shape index (κ1) is 18.5. The maximum absolute atomic E-state index is 12.1. The molecule has 0 unspecified atom stereocenters. The monoisotopic (exact) mass is 406 g/mol. The van der Waals surface area contributed by atoms with Gasteiger partial charge in [-0.15, -0.1) is 10.2 Å². The number of anilines is 3. The Morgan fingerprint density at radius 3 is 2.81 bits per heavy atom. The highest BCUT2D eigenvalue weighted by Crippen LogP contribution is 2.28. The van der Waals surface area contributed by atoms with Gasteiger partial charge in [0.25, 0.3) is 0 Å². The molecule has 2 aromatic carbocycles. The zero-order valence-corrected chi connectivity index (χ0v) is 16.1. The first-order valence-electron chi connectivity index (χ1n) is 7.55. The van der Waals surface area contributed by atoms with Crippen molar-refractivity contribution < 1.29 is 9.53 Å². The minimum atomic E-state index is -0.122. The van der Waals surface area contributed by atoms with Crippen LogP contribution >= 0.6 is 34.7 Å². The zero-order chi connectivity index (χ0) is 18.4. The molecule has 9 heteroatoms. The van der Waals surface area contributed by atoms with E-state index in [1.54, 1.807) is 25.3 Å². The Kier molecular flexibility index (Phi) is 6.32. The normalized spacial score (nSPS) is 10.4. The molecule has 0 atom stereocenters. The van der Waals surface area contributed by atoms with Crippen molar-refractivity contribution in [2.45, 2.75) is 4.34 Å². The number of methoxy groups -OCH3 is 1. The van der Waals surface area contributed by atoms with E-state index in [4.69, 9.17) is 16.3 Å². The van der Waals surface area contributed by atoms with E-state index in [1.807, 2.05) is 30.3 Å². The van der Waals surface area contributed by atoms with Gasteiger partial charge in [0.15, 0.2) is 4.34 Å². The fraction of sp³-hybridized carbons (Fsp3) is 0.118. The van der Waals surface area contributed by atoms with E-state index >= 15 is 0 Å². The number of carbonyl (C=O) groups excluding carboxylic acids is 1. The van der Waals surface area contributed by atoms with Crippen LogP contribution in [0.15, 0.2) is 52.9 Å².